The van der Waals surface area contributed by atoms with Crippen molar-refractivity contribution < 1.29 is 0 Å². The second-order valence-corrected chi connectivity index (χ2v) is 5.71. The summed E-state index contributed by atoms with van der Waals surface area (Å²) in [7, 11) is 0. The molecule has 0 saturated heterocycles. The van der Waals surface area contributed by atoms with E-state index in [2.05, 4.69) is 60.4 Å². The highest BCUT2D eigenvalue weighted by atomic mass is 15.1. The van der Waals surface area contributed by atoms with Gasteiger partial charge in [-0.2, -0.15) is 5.26 Å². The van der Waals surface area contributed by atoms with Crippen molar-refractivity contribution in [1.29, 1.82) is 5.26 Å². The number of nitrogens with zero attached hydrogens (tertiary/aromatic N) is 2. The number of nitriles is 1. The van der Waals surface area contributed by atoms with Gasteiger partial charge in [0.05, 0.1) is 6.07 Å². The van der Waals surface area contributed by atoms with E-state index in [4.69, 9.17) is 11.0 Å². The Labute approximate surface area is 127 Å². The van der Waals surface area contributed by atoms with Gasteiger partial charge in [0, 0.05) is 24.2 Å². The standard InChI is InChI=1S/C18H23N3/c1-3-21(13-7-12-18(2,20)14-19)17-11-6-9-15-8-4-5-10-16(15)17/h4-6,8-11H,3,7,12-13,20H2,1-2H3. The Hall–Kier alpha value is -2.05. The highest BCUT2D eigenvalue weighted by Crippen LogP contribution is 2.27. The van der Waals surface area contributed by atoms with Crippen LogP contribution in [-0.2, 0) is 0 Å². The van der Waals surface area contributed by atoms with E-state index in [1.807, 2.05) is 0 Å². The first-order chi connectivity index (χ1) is 10.1. The number of nitrogens with two attached hydrogens (primary N) is 1. The molecule has 1 unspecified atom stereocenters. The van der Waals surface area contributed by atoms with Gasteiger partial charge >= 0.3 is 0 Å². The zero-order chi connectivity index (χ0) is 15.3. The highest BCUT2D eigenvalue weighted by Gasteiger charge is 2.17. The molecule has 0 heterocycles. The molecule has 0 aliphatic rings. The van der Waals surface area contributed by atoms with Gasteiger partial charge in [0.2, 0.25) is 0 Å². The molecular formula is C18H23N3. The summed E-state index contributed by atoms with van der Waals surface area (Å²) in [5.74, 6) is 0. The third-order valence-corrected chi connectivity index (χ3v) is 3.87. The minimum Gasteiger partial charge on any atom is -0.371 e. The molecule has 0 aliphatic heterocycles. The second-order valence-electron chi connectivity index (χ2n) is 5.71. The number of hydrogen-bond acceptors (Lipinski definition) is 3. The van der Waals surface area contributed by atoms with Crippen LogP contribution in [0.5, 0.6) is 0 Å². The van der Waals surface area contributed by atoms with Gasteiger partial charge < -0.3 is 10.6 Å². The van der Waals surface area contributed by atoms with Gasteiger partial charge in [-0.15, -0.1) is 0 Å². The first-order valence-corrected chi connectivity index (χ1v) is 7.50. The van der Waals surface area contributed by atoms with Crippen molar-refractivity contribution in [2.75, 3.05) is 18.0 Å². The lowest BCUT2D eigenvalue weighted by atomic mass is 9.99. The van der Waals surface area contributed by atoms with Crippen LogP contribution < -0.4 is 10.6 Å². The number of anilines is 1. The van der Waals surface area contributed by atoms with Crippen molar-refractivity contribution in [3.8, 4) is 6.07 Å². The Balaban J connectivity index is 2.15. The Bertz CT molecular complexity index is 635. The molecule has 0 bridgehead atoms. The van der Waals surface area contributed by atoms with Crippen molar-refractivity contribution in [3.63, 3.8) is 0 Å². The molecule has 21 heavy (non-hydrogen) atoms. The maximum absolute atomic E-state index is 8.99. The molecule has 0 saturated carbocycles. The Kier molecular flexibility index (Phi) is 4.82. The fraction of sp³-hybridized carbons (Fsp3) is 0.389. The summed E-state index contributed by atoms with van der Waals surface area (Å²) >= 11 is 0. The van der Waals surface area contributed by atoms with E-state index in [0.29, 0.717) is 6.42 Å². The van der Waals surface area contributed by atoms with Gasteiger partial charge in [0.1, 0.15) is 5.54 Å². The van der Waals surface area contributed by atoms with Crippen molar-refractivity contribution in [2.45, 2.75) is 32.2 Å². The topological polar surface area (TPSA) is 53.0 Å². The van der Waals surface area contributed by atoms with Gasteiger partial charge in [-0.25, -0.2) is 0 Å². The molecule has 2 aromatic carbocycles. The summed E-state index contributed by atoms with van der Waals surface area (Å²) < 4.78 is 0. The van der Waals surface area contributed by atoms with Crippen LogP contribution in [0.25, 0.3) is 10.8 Å². The average Bonchev–Trinajstić information content (AvgIpc) is 2.51. The van der Waals surface area contributed by atoms with E-state index >= 15 is 0 Å². The van der Waals surface area contributed by atoms with Gasteiger partial charge in [0.15, 0.2) is 0 Å². The van der Waals surface area contributed by atoms with Crippen LogP contribution in [0.4, 0.5) is 5.69 Å². The predicted molar refractivity (Wildman–Crippen MR) is 89.3 cm³/mol. The largest absolute Gasteiger partial charge is 0.371 e. The second kappa shape index (κ2) is 6.60. The summed E-state index contributed by atoms with van der Waals surface area (Å²) in [5.41, 5.74) is 6.43. The van der Waals surface area contributed by atoms with E-state index < -0.39 is 5.54 Å². The quantitative estimate of drug-likeness (QED) is 0.878. The average molecular weight is 281 g/mol. The van der Waals surface area contributed by atoms with Crippen LogP contribution in [-0.4, -0.2) is 18.6 Å². The van der Waals surface area contributed by atoms with Crippen LogP contribution >= 0.6 is 0 Å². The minimum absolute atomic E-state index is 0.713. The molecule has 0 aliphatic carbocycles. The molecule has 110 valence electrons. The first kappa shape index (κ1) is 15.3. The SMILES string of the molecule is CCN(CCCC(C)(N)C#N)c1cccc2ccccc12. The Morgan fingerprint density at radius 2 is 1.90 bits per heavy atom. The number of benzene rings is 2. The molecule has 2 aromatic rings. The Morgan fingerprint density at radius 3 is 2.62 bits per heavy atom. The van der Waals surface area contributed by atoms with E-state index in [1.54, 1.807) is 6.92 Å². The third-order valence-electron chi connectivity index (χ3n) is 3.87. The van der Waals surface area contributed by atoms with Crippen LogP contribution in [0.3, 0.4) is 0 Å². The van der Waals surface area contributed by atoms with Gasteiger partial charge in [0.25, 0.3) is 0 Å². The minimum atomic E-state index is -0.724. The fourth-order valence-electron chi connectivity index (χ4n) is 2.63. The maximum atomic E-state index is 8.99. The molecule has 2 N–H and O–H groups in total. The molecule has 2 rings (SSSR count). The van der Waals surface area contributed by atoms with Crippen molar-refractivity contribution in [1.82, 2.24) is 0 Å². The lowest BCUT2D eigenvalue weighted by Crippen LogP contribution is -2.35. The monoisotopic (exact) mass is 281 g/mol. The van der Waals surface area contributed by atoms with E-state index in [9.17, 15) is 0 Å². The number of hydrogen-bond donors (Lipinski definition) is 1. The van der Waals surface area contributed by atoms with Crippen LogP contribution in [0.1, 0.15) is 26.7 Å². The molecule has 3 heteroatoms. The molecule has 0 fully saturated rings. The summed E-state index contributed by atoms with van der Waals surface area (Å²) in [6.07, 6.45) is 1.63. The van der Waals surface area contributed by atoms with Crippen LogP contribution in [0.2, 0.25) is 0 Å². The van der Waals surface area contributed by atoms with Crippen LogP contribution in [0.15, 0.2) is 42.5 Å². The van der Waals surface area contributed by atoms with E-state index in [0.717, 1.165) is 19.5 Å². The van der Waals surface area contributed by atoms with Crippen molar-refractivity contribution in [2.24, 2.45) is 5.73 Å². The summed E-state index contributed by atoms with van der Waals surface area (Å²) in [4.78, 5) is 2.36. The fourth-order valence-corrected chi connectivity index (χ4v) is 2.63. The lowest BCUT2D eigenvalue weighted by molar-refractivity contribution is 0.519. The molecular weight excluding hydrogens is 258 g/mol. The Morgan fingerprint density at radius 1 is 1.19 bits per heavy atom. The zero-order valence-corrected chi connectivity index (χ0v) is 12.8. The lowest BCUT2D eigenvalue weighted by Gasteiger charge is -2.26. The predicted octanol–water partition coefficient (Wildman–Crippen LogP) is 3.69. The molecule has 0 aromatic heterocycles. The van der Waals surface area contributed by atoms with Crippen molar-refractivity contribution in [3.05, 3.63) is 42.5 Å². The molecule has 1 atom stereocenters. The van der Waals surface area contributed by atoms with Crippen LogP contribution in [0, 0.1) is 11.3 Å². The van der Waals surface area contributed by atoms with E-state index in [1.165, 1.54) is 16.5 Å². The molecule has 3 nitrogen and oxygen atoms in total. The van der Waals surface area contributed by atoms with Gasteiger partial charge in [-0.1, -0.05) is 36.4 Å². The summed E-state index contributed by atoms with van der Waals surface area (Å²) in [6, 6.07) is 17.0. The normalized spacial score (nSPS) is 13.6. The summed E-state index contributed by atoms with van der Waals surface area (Å²) in [6.45, 7) is 5.82. The van der Waals surface area contributed by atoms with E-state index in [-0.39, 0.29) is 0 Å². The van der Waals surface area contributed by atoms with Gasteiger partial charge in [-0.05, 0) is 38.1 Å². The van der Waals surface area contributed by atoms with Crippen molar-refractivity contribution >= 4 is 16.5 Å². The molecule has 0 radical (unpaired) electrons. The molecule has 0 spiro atoms. The highest BCUT2D eigenvalue weighted by molar-refractivity contribution is 5.94. The third kappa shape index (κ3) is 3.74. The first-order valence-electron chi connectivity index (χ1n) is 7.50. The molecule has 0 amide bonds. The van der Waals surface area contributed by atoms with Gasteiger partial charge in [-0.3, -0.25) is 0 Å². The maximum Gasteiger partial charge on any atom is 0.101 e. The summed E-state index contributed by atoms with van der Waals surface area (Å²) in [5, 5.41) is 11.5. The zero-order valence-electron chi connectivity index (χ0n) is 12.8. The smallest absolute Gasteiger partial charge is 0.101 e. The number of fused-ring (bicyclic) bond motifs is 1. The number of rotatable bonds is 6.